The molecule has 2 rings (SSSR count). The standard InChI is InChI=1S/C16H20N2O/c1-13-9-14(6-7-16(13)19-3)11-18(2)12-15-5-4-8-17-10-15/h4-10H,11-12H2,1-3H3. The highest BCUT2D eigenvalue weighted by Crippen LogP contribution is 2.19. The average Bonchev–Trinajstić information content (AvgIpc) is 2.40. The van der Waals surface area contributed by atoms with Crippen molar-refractivity contribution in [3.63, 3.8) is 0 Å². The number of aromatic nitrogens is 1. The van der Waals surface area contributed by atoms with Crippen LogP contribution in [0, 0.1) is 6.92 Å². The highest BCUT2D eigenvalue weighted by atomic mass is 16.5. The van der Waals surface area contributed by atoms with Gasteiger partial charge >= 0.3 is 0 Å². The fraction of sp³-hybridized carbons (Fsp3) is 0.312. The van der Waals surface area contributed by atoms with Crippen molar-refractivity contribution < 1.29 is 4.74 Å². The van der Waals surface area contributed by atoms with Gasteiger partial charge < -0.3 is 4.74 Å². The van der Waals surface area contributed by atoms with E-state index >= 15 is 0 Å². The number of hydrogen-bond acceptors (Lipinski definition) is 3. The number of ether oxygens (including phenoxy) is 1. The van der Waals surface area contributed by atoms with Crippen LogP contribution in [0.2, 0.25) is 0 Å². The fourth-order valence-corrected chi connectivity index (χ4v) is 2.21. The van der Waals surface area contributed by atoms with Gasteiger partial charge in [-0.25, -0.2) is 0 Å². The number of hydrogen-bond donors (Lipinski definition) is 0. The first-order chi connectivity index (χ1) is 9.19. The monoisotopic (exact) mass is 256 g/mol. The van der Waals surface area contributed by atoms with Gasteiger partial charge in [0.2, 0.25) is 0 Å². The average molecular weight is 256 g/mol. The van der Waals surface area contributed by atoms with Gasteiger partial charge in [0.25, 0.3) is 0 Å². The Morgan fingerprint density at radius 2 is 1.95 bits per heavy atom. The number of pyridine rings is 1. The van der Waals surface area contributed by atoms with E-state index < -0.39 is 0 Å². The Labute approximate surface area is 114 Å². The largest absolute Gasteiger partial charge is 0.496 e. The van der Waals surface area contributed by atoms with Crippen LogP contribution in [0.15, 0.2) is 42.7 Å². The highest BCUT2D eigenvalue weighted by molar-refractivity contribution is 5.36. The van der Waals surface area contributed by atoms with Gasteiger partial charge in [0.1, 0.15) is 5.75 Å². The highest BCUT2D eigenvalue weighted by Gasteiger charge is 2.04. The topological polar surface area (TPSA) is 25.4 Å². The summed E-state index contributed by atoms with van der Waals surface area (Å²) in [5, 5.41) is 0. The second-order valence-corrected chi connectivity index (χ2v) is 4.84. The third-order valence-electron chi connectivity index (χ3n) is 3.09. The molecule has 1 heterocycles. The van der Waals surface area contributed by atoms with Crippen molar-refractivity contribution in [2.75, 3.05) is 14.2 Å². The van der Waals surface area contributed by atoms with E-state index in [4.69, 9.17) is 4.74 Å². The third kappa shape index (κ3) is 3.80. The van der Waals surface area contributed by atoms with Crippen LogP contribution in [0.1, 0.15) is 16.7 Å². The van der Waals surface area contributed by atoms with Crippen molar-refractivity contribution in [1.29, 1.82) is 0 Å². The summed E-state index contributed by atoms with van der Waals surface area (Å²) in [6.07, 6.45) is 3.71. The third-order valence-corrected chi connectivity index (χ3v) is 3.09. The summed E-state index contributed by atoms with van der Waals surface area (Å²) in [4.78, 5) is 6.41. The fourth-order valence-electron chi connectivity index (χ4n) is 2.21. The Bertz CT molecular complexity index is 526. The molecule has 0 bridgehead atoms. The molecule has 19 heavy (non-hydrogen) atoms. The lowest BCUT2D eigenvalue weighted by Crippen LogP contribution is -2.17. The Kier molecular flexibility index (Phi) is 4.53. The summed E-state index contributed by atoms with van der Waals surface area (Å²) >= 11 is 0. The van der Waals surface area contributed by atoms with E-state index in [0.717, 1.165) is 18.8 Å². The molecule has 1 aromatic heterocycles. The lowest BCUT2D eigenvalue weighted by atomic mass is 10.1. The van der Waals surface area contributed by atoms with Gasteiger partial charge in [-0.05, 0) is 42.8 Å². The molecular weight excluding hydrogens is 236 g/mol. The first-order valence-electron chi connectivity index (χ1n) is 6.40. The number of benzene rings is 1. The van der Waals surface area contributed by atoms with Gasteiger partial charge in [-0.15, -0.1) is 0 Å². The van der Waals surface area contributed by atoms with E-state index in [9.17, 15) is 0 Å². The van der Waals surface area contributed by atoms with Crippen LogP contribution in [0.3, 0.4) is 0 Å². The maximum atomic E-state index is 5.28. The summed E-state index contributed by atoms with van der Waals surface area (Å²) in [5.74, 6) is 0.943. The van der Waals surface area contributed by atoms with Crippen LogP contribution in [0.4, 0.5) is 0 Å². The van der Waals surface area contributed by atoms with Crippen molar-refractivity contribution >= 4 is 0 Å². The summed E-state index contributed by atoms with van der Waals surface area (Å²) in [6.45, 7) is 3.89. The van der Waals surface area contributed by atoms with Crippen LogP contribution >= 0.6 is 0 Å². The molecule has 0 N–H and O–H groups in total. The first kappa shape index (κ1) is 13.6. The van der Waals surface area contributed by atoms with Crippen LogP contribution in [0.25, 0.3) is 0 Å². The maximum absolute atomic E-state index is 5.28. The van der Waals surface area contributed by atoms with Gasteiger partial charge in [0.15, 0.2) is 0 Å². The molecule has 0 atom stereocenters. The predicted octanol–water partition coefficient (Wildman–Crippen LogP) is 3.03. The molecule has 0 saturated heterocycles. The van der Waals surface area contributed by atoms with Crippen molar-refractivity contribution in [2.24, 2.45) is 0 Å². The van der Waals surface area contributed by atoms with Gasteiger partial charge in [-0.2, -0.15) is 0 Å². The molecule has 0 unspecified atom stereocenters. The van der Waals surface area contributed by atoms with Crippen LogP contribution in [0.5, 0.6) is 5.75 Å². The molecule has 0 fully saturated rings. The van der Waals surface area contributed by atoms with Gasteiger partial charge in [-0.1, -0.05) is 18.2 Å². The number of nitrogens with zero attached hydrogens (tertiary/aromatic N) is 2. The molecule has 1 aromatic carbocycles. The normalized spacial score (nSPS) is 10.7. The molecule has 2 aromatic rings. The SMILES string of the molecule is COc1ccc(CN(C)Cc2cccnc2)cc1C. The van der Waals surface area contributed by atoms with E-state index in [1.165, 1.54) is 16.7 Å². The minimum absolute atomic E-state index is 0.902. The lowest BCUT2D eigenvalue weighted by molar-refractivity contribution is 0.318. The molecule has 3 heteroatoms. The predicted molar refractivity (Wildman–Crippen MR) is 77.1 cm³/mol. The quantitative estimate of drug-likeness (QED) is 0.822. The molecular formula is C16H20N2O. The minimum Gasteiger partial charge on any atom is -0.496 e. The van der Waals surface area contributed by atoms with Gasteiger partial charge in [0.05, 0.1) is 7.11 Å². The van der Waals surface area contributed by atoms with Crippen molar-refractivity contribution in [3.05, 3.63) is 59.4 Å². The Morgan fingerprint density at radius 1 is 1.16 bits per heavy atom. The maximum Gasteiger partial charge on any atom is 0.121 e. The lowest BCUT2D eigenvalue weighted by Gasteiger charge is -2.17. The van der Waals surface area contributed by atoms with Gasteiger partial charge in [0, 0.05) is 25.5 Å². The number of aryl methyl sites for hydroxylation is 1. The van der Waals surface area contributed by atoms with E-state index in [-0.39, 0.29) is 0 Å². The zero-order valence-corrected chi connectivity index (χ0v) is 11.8. The Hall–Kier alpha value is -1.87. The molecule has 0 aliphatic carbocycles. The smallest absolute Gasteiger partial charge is 0.121 e. The van der Waals surface area contributed by atoms with Crippen molar-refractivity contribution in [2.45, 2.75) is 20.0 Å². The Morgan fingerprint density at radius 3 is 2.58 bits per heavy atom. The van der Waals surface area contributed by atoms with Crippen molar-refractivity contribution in [1.82, 2.24) is 9.88 Å². The molecule has 0 saturated carbocycles. The van der Waals surface area contributed by atoms with E-state index in [0.29, 0.717) is 0 Å². The minimum atomic E-state index is 0.902. The van der Waals surface area contributed by atoms with Crippen LogP contribution in [-0.2, 0) is 13.1 Å². The van der Waals surface area contributed by atoms with E-state index in [2.05, 4.69) is 42.1 Å². The molecule has 3 nitrogen and oxygen atoms in total. The Balaban J connectivity index is 1.99. The molecule has 0 radical (unpaired) electrons. The summed E-state index contributed by atoms with van der Waals surface area (Å²) < 4.78 is 5.28. The first-order valence-corrected chi connectivity index (χ1v) is 6.40. The van der Waals surface area contributed by atoms with Crippen LogP contribution < -0.4 is 4.74 Å². The second kappa shape index (κ2) is 6.34. The summed E-state index contributed by atoms with van der Waals surface area (Å²) in [6, 6.07) is 10.4. The molecule has 0 amide bonds. The molecule has 0 spiro atoms. The second-order valence-electron chi connectivity index (χ2n) is 4.84. The summed E-state index contributed by atoms with van der Waals surface area (Å²) in [5.41, 5.74) is 3.70. The number of rotatable bonds is 5. The zero-order valence-electron chi connectivity index (χ0n) is 11.8. The van der Waals surface area contributed by atoms with E-state index in [1.54, 1.807) is 13.3 Å². The van der Waals surface area contributed by atoms with Crippen molar-refractivity contribution in [3.8, 4) is 5.75 Å². The number of methoxy groups -OCH3 is 1. The van der Waals surface area contributed by atoms with Crippen LogP contribution in [-0.4, -0.2) is 24.0 Å². The summed E-state index contributed by atoms with van der Waals surface area (Å²) in [7, 11) is 3.82. The zero-order chi connectivity index (χ0) is 13.7. The van der Waals surface area contributed by atoms with E-state index in [1.807, 2.05) is 18.3 Å². The molecule has 100 valence electrons. The molecule has 0 aliphatic heterocycles. The van der Waals surface area contributed by atoms with Gasteiger partial charge in [-0.3, -0.25) is 9.88 Å². The molecule has 0 aliphatic rings.